The lowest BCUT2D eigenvalue weighted by Crippen LogP contribution is -2.43. The molecule has 0 aromatic heterocycles. The van der Waals surface area contributed by atoms with Gasteiger partial charge in [0.2, 0.25) is 0 Å². The van der Waals surface area contributed by atoms with Crippen LogP contribution in [-0.4, -0.2) is 41.6 Å². The van der Waals surface area contributed by atoms with Crippen LogP contribution in [0.25, 0.3) is 0 Å². The van der Waals surface area contributed by atoms with Crippen molar-refractivity contribution in [3.8, 4) is 5.75 Å². The number of hydrogen-bond donors (Lipinski definition) is 1. The van der Waals surface area contributed by atoms with Gasteiger partial charge >= 0.3 is 5.97 Å². The maximum Gasteiger partial charge on any atom is 0.303 e. The van der Waals surface area contributed by atoms with Crippen LogP contribution in [0, 0.1) is 0 Å². The van der Waals surface area contributed by atoms with E-state index in [1.807, 2.05) is 4.90 Å². The van der Waals surface area contributed by atoms with Crippen LogP contribution in [0.1, 0.15) is 42.5 Å². The molecule has 0 aliphatic carbocycles. The van der Waals surface area contributed by atoms with Gasteiger partial charge in [0.25, 0.3) is 5.91 Å². The standard InChI is InChI=1S/C16H21NO4/c1-21-14-7-4-5-12(11-14)16(20)17-10-3-2-6-13(17)8-9-15(18)19/h4-5,7,11,13H,2-3,6,8-10H2,1H3,(H,18,19)/t13-/m0/s1. The number of carboxylic acid groups (broad SMARTS) is 1. The van der Waals surface area contributed by atoms with Crippen LogP contribution < -0.4 is 4.74 Å². The van der Waals surface area contributed by atoms with Crippen LogP contribution >= 0.6 is 0 Å². The van der Waals surface area contributed by atoms with E-state index in [1.54, 1.807) is 31.4 Å². The van der Waals surface area contributed by atoms with Crippen LogP contribution in [0.5, 0.6) is 5.75 Å². The first-order valence-electron chi connectivity index (χ1n) is 7.28. The predicted molar refractivity (Wildman–Crippen MR) is 78.5 cm³/mol. The fourth-order valence-corrected chi connectivity index (χ4v) is 2.78. The van der Waals surface area contributed by atoms with Gasteiger partial charge in [0.1, 0.15) is 5.75 Å². The van der Waals surface area contributed by atoms with Crippen molar-refractivity contribution in [2.24, 2.45) is 0 Å². The SMILES string of the molecule is COc1cccc(C(=O)N2CCCC[C@H]2CCC(=O)O)c1. The summed E-state index contributed by atoms with van der Waals surface area (Å²) in [6.45, 7) is 0.695. The number of methoxy groups -OCH3 is 1. The molecule has 1 aliphatic heterocycles. The first-order chi connectivity index (χ1) is 10.1. The Labute approximate surface area is 124 Å². The number of carboxylic acids is 1. The maximum absolute atomic E-state index is 12.6. The Morgan fingerprint density at radius 1 is 1.38 bits per heavy atom. The number of amides is 1. The number of hydrogen-bond acceptors (Lipinski definition) is 3. The second-order valence-corrected chi connectivity index (χ2v) is 5.31. The Bertz CT molecular complexity index is 515. The van der Waals surface area contributed by atoms with E-state index >= 15 is 0 Å². The monoisotopic (exact) mass is 291 g/mol. The highest BCUT2D eigenvalue weighted by Crippen LogP contribution is 2.24. The van der Waals surface area contributed by atoms with Crippen LogP contribution in [0.3, 0.4) is 0 Å². The van der Waals surface area contributed by atoms with Crippen molar-refractivity contribution in [1.82, 2.24) is 4.90 Å². The van der Waals surface area contributed by atoms with Gasteiger partial charge in [-0.05, 0) is 43.9 Å². The summed E-state index contributed by atoms with van der Waals surface area (Å²) in [4.78, 5) is 25.2. The lowest BCUT2D eigenvalue weighted by atomic mass is 9.97. The van der Waals surface area contributed by atoms with Crippen molar-refractivity contribution in [1.29, 1.82) is 0 Å². The quantitative estimate of drug-likeness (QED) is 0.905. The van der Waals surface area contributed by atoms with Crippen LogP contribution in [-0.2, 0) is 4.79 Å². The zero-order valence-electron chi connectivity index (χ0n) is 12.2. The molecular formula is C16H21NO4. The molecule has 0 unspecified atom stereocenters. The average Bonchev–Trinajstić information content (AvgIpc) is 2.52. The summed E-state index contributed by atoms with van der Waals surface area (Å²) in [6, 6.07) is 7.12. The van der Waals surface area contributed by atoms with Crippen molar-refractivity contribution in [2.75, 3.05) is 13.7 Å². The predicted octanol–water partition coefficient (Wildman–Crippen LogP) is 2.55. The second-order valence-electron chi connectivity index (χ2n) is 5.31. The third-order valence-corrected chi connectivity index (χ3v) is 3.90. The molecule has 114 valence electrons. The molecule has 1 aromatic rings. The largest absolute Gasteiger partial charge is 0.497 e. The maximum atomic E-state index is 12.6. The molecule has 0 saturated carbocycles. The summed E-state index contributed by atoms with van der Waals surface area (Å²) in [5, 5.41) is 8.83. The average molecular weight is 291 g/mol. The fraction of sp³-hybridized carbons (Fsp3) is 0.500. The topological polar surface area (TPSA) is 66.8 Å². The second kappa shape index (κ2) is 7.11. The van der Waals surface area contributed by atoms with Gasteiger partial charge in [-0.2, -0.15) is 0 Å². The molecular weight excluding hydrogens is 270 g/mol. The Morgan fingerprint density at radius 3 is 2.90 bits per heavy atom. The zero-order valence-corrected chi connectivity index (χ0v) is 12.2. The van der Waals surface area contributed by atoms with E-state index in [1.165, 1.54) is 0 Å². The third-order valence-electron chi connectivity index (χ3n) is 3.90. The number of likely N-dealkylation sites (tertiary alicyclic amines) is 1. The lowest BCUT2D eigenvalue weighted by molar-refractivity contribution is -0.137. The van der Waals surface area contributed by atoms with E-state index in [9.17, 15) is 9.59 Å². The molecule has 0 radical (unpaired) electrons. The Morgan fingerprint density at radius 2 is 2.19 bits per heavy atom. The Kier molecular flexibility index (Phi) is 5.20. The van der Waals surface area contributed by atoms with Crippen molar-refractivity contribution in [2.45, 2.75) is 38.1 Å². The lowest BCUT2D eigenvalue weighted by Gasteiger charge is -2.35. The summed E-state index contributed by atoms with van der Waals surface area (Å²) < 4.78 is 5.15. The zero-order chi connectivity index (χ0) is 15.2. The summed E-state index contributed by atoms with van der Waals surface area (Å²) in [6.07, 6.45) is 3.52. The van der Waals surface area contributed by atoms with Gasteiger partial charge < -0.3 is 14.7 Å². The van der Waals surface area contributed by atoms with Crippen LogP contribution in [0.15, 0.2) is 24.3 Å². The smallest absolute Gasteiger partial charge is 0.303 e. The van der Waals surface area contributed by atoms with E-state index in [-0.39, 0.29) is 18.4 Å². The molecule has 1 N–H and O–H groups in total. The van der Waals surface area contributed by atoms with Gasteiger partial charge in [-0.25, -0.2) is 0 Å². The third kappa shape index (κ3) is 3.97. The molecule has 1 atom stereocenters. The van der Waals surface area contributed by atoms with Crippen molar-refractivity contribution in [3.05, 3.63) is 29.8 Å². The first kappa shape index (κ1) is 15.4. The summed E-state index contributed by atoms with van der Waals surface area (Å²) in [5.41, 5.74) is 0.594. The van der Waals surface area contributed by atoms with Gasteiger partial charge in [0.15, 0.2) is 0 Å². The molecule has 0 bridgehead atoms. The van der Waals surface area contributed by atoms with Crippen molar-refractivity contribution in [3.63, 3.8) is 0 Å². The summed E-state index contributed by atoms with van der Waals surface area (Å²) in [7, 11) is 1.57. The summed E-state index contributed by atoms with van der Waals surface area (Å²) >= 11 is 0. The fourth-order valence-electron chi connectivity index (χ4n) is 2.78. The van der Waals surface area contributed by atoms with Crippen LogP contribution in [0.4, 0.5) is 0 Å². The van der Waals surface area contributed by atoms with Crippen molar-refractivity contribution < 1.29 is 19.4 Å². The minimum Gasteiger partial charge on any atom is -0.497 e. The Balaban J connectivity index is 2.11. The molecule has 1 aromatic carbocycles. The number of rotatable bonds is 5. The number of carbonyl (C=O) groups excluding carboxylic acids is 1. The van der Waals surface area contributed by atoms with E-state index in [4.69, 9.17) is 9.84 Å². The number of carbonyl (C=O) groups is 2. The molecule has 1 aliphatic rings. The molecule has 5 heteroatoms. The van der Waals surface area contributed by atoms with Crippen LogP contribution in [0.2, 0.25) is 0 Å². The number of aliphatic carboxylic acids is 1. The number of nitrogens with zero attached hydrogens (tertiary/aromatic N) is 1. The minimum atomic E-state index is -0.811. The normalized spacial score (nSPS) is 18.3. The number of piperidine rings is 1. The molecule has 0 spiro atoms. The Hall–Kier alpha value is -2.04. The van der Waals surface area contributed by atoms with Gasteiger partial charge in [0.05, 0.1) is 7.11 Å². The van der Waals surface area contributed by atoms with Gasteiger partial charge in [-0.3, -0.25) is 9.59 Å². The molecule has 5 nitrogen and oxygen atoms in total. The van der Waals surface area contributed by atoms with E-state index in [2.05, 4.69) is 0 Å². The van der Waals surface area contributed by atoms with E-state index < -0.39 is 5.97 Å². The first-order valence-corrected chi connectivity index (χ1v) is 7.28. The number of ether oxygens (including phenoxy) is 1. The summed E-state index contributed by atoms with van der Waals surface area (Å²) in [5.74, 6) is -0.196. The van der Waals surface area contributed by atoms with Gasteiger partial charge in [-0.15, -0.1) is 0 Å². The highest BCUT2D eigenvalue weighted by Gasteiger charge is 2.27. The molecule has 1 amide bonds. The molecule has 1 saturated heterocycles. The molecule has 1 heterocycles. The van der Waals surface area contributed by atoms with E-state index in [0.29, 0.717) is 24.3 Å². The van der Waals surface area contributed by atoms with E-state index in [0.717, 1.165) is 19.3 Å². The molecule has 1 fully saturated rings. The van der Waals surface area contributed by atoms with Gasteiger partial charge in [-0.1, -0.05) is 6.07 Å². The highest BCUT2D eigenvalue weighted by molar-refractivity contribution is 5.95. The molecule has 2 rings (SSSR count). The molecule has 21 heavy (non-hydrogen) atoms. The van der Waals surface area contributed by atoms with Crippen molar-refractivity contribution >= 4 is 11.9 Å². The number of benzene rings is 1. The highest BCUT2D eigenvalue weighted by atomic mass is 16.5. The minimum absolute atomic E-state index is 0.0218. The van der Waals surface area contributed by atoms with Gasteiger partial charge in [0, 0.05) is 24.6 Å².